The topological polar surface area (TPSA) is 84.5 Å². The van der Waals surface area contributed by atoms with Gasteiger partial charge in [-0.2, -0.15) is 0 Å². The van der Waals surface area contributed by atoms with E-state index in [-0.39, 0.29) is 6.03 Å². The minimum atomic E-state index is -0.130. The summed E-state index contributed by atoms with van der Waals surface area (Å²) in [6.45, 7) is 4.45. The van der Waals surface area contributed by atoms with Gasteiger partial charge in [0.1, 0.15) is 5.75 Å². The monoisotopic (exact) mass is 515 g/mol. The van der Waals surface area contributed by atoms with Gasteiger partial charge in [-0.05, 0) is 108 Å². The fourth-order valence-electron chi connectivity index (χ4n) is 5.98. The highest BCUT2D eigenvalue weighted by Gasteiger charge is 2.27. The van der Waals surface area contributed by atoms with Crippen LogP contribution in [0.4, 0.5) is 16.2 Å². The maximum Gasteiger partial charge on any atom is 0.319 e. The molecule has 1 saturated heterocycles. The first-order chi connectivity index (χ1) is 18.7. The lowest BCUT2D eigenvalue weighted by molar-refractivity contribution is 0.240. The van der Waals surface area contributed by atoms with Crippen LogP contribution in [0.15, 0.2) is 42.5 Å². The molecule has 0 bridgehead atoms. The van der Waals surface area contributed by atoms with E-state index in [1.165, 1.54) is 64.6 Å². The summed E-state index contributed by atoms with van der Waals surface area (Å²) in [6, 6.07) is 15.0. The summed E-state index contributed by atoms with van der Waals surface area (Å²) in [5.74, 6) is 0.917. The standard InChI is InChI=1S/C31H41N5O2/c32-29-27-16-15-26(38-20-4-3-19-35-17-1-2-18-35)21-28(27)36(25-9-6-10-25)30(29)22-11-13-24(14-12-22)34-31(37)33-23-7-5-8-23/h11-16,21,23,25H,1-10,17-20,32H2,(H2,33,34,37). The molecule has 2 aromatic carbocycles. The van der Waals surface area contributed by atoms with Gasteiger partial charge in [0.05, 0.1) is 23.5 Å². The number of nitrogens with zero attached hydrogens (tertiary/aromatic N) is 2. The molecule has 3 fully saturated rings. The van der Waals surface area contributed by atoms with Crippen molar-refractivity contribution >= 4 is 28.3 Å². The minimum absolute atomic E-state index is 0.130. The fraction of sp³-hybridized carbons (Fsp3) is 0.516. The van der Waals surface area contributed by atoms with Crippen molar-refractivity contribution in [3.05, 3.63) is 42.5 Å². The smallest absolute Gasteiger partial charge is 0.319 e. The number of nitrogens with one attached hydrogen (secondary N) is 2. The SMILES string of the molecule is Nc1c(-c2ccc(NC(=O)NC3CCC3)cc2)n(C2CCC2)c2cc(OCCCCN3CCCC3)ccc12. The van der Waals surface area contributed by atoms with E-state index in [1.54, 1.807) is 0 Å². The zero-order valence-corrected chi connectivity index (χ0v) is 22.4. The predicted molar refractivity (Wildman–Crippen MR) is 155 cm³/mol. The molecule has 2 aliphatic carbocycles. The molecule has 4 N–H and O–H groups in total. The van der Waals surface area contributed by atoms with Gasteiger partial charge >= 0.3 is 6.03 Å². The zero-order valence-electron chi connectivity index (χ0n) is 22.4. The van der Waals surface area contributed by atoms with E-state index in [4.69, 9.17) is 10.5 Å². The number of nitrogens with two attached hydrogens (primary N) is 1. The molecule has 1 aromatic heterocycles. The molecule has 0 atom stereocenters. The number of hydrogen-bond donors (Lipinski definition) is 3. The van der Waals surface area contributed by atoms with Crippen LogP contribution in [0.1, 0.15) is 70.3 Å². The largest absolute Gasteiger partial charge is 0.494 e. The van der Waals surface area contributed by atoms with E-state index in [2.05, 4.69) is 50.4 Å². The molecule has 2 heterocycles. The van der Waals surface area contributed by atoms with Crippen molar-refractivity contribution in [3.8, 4) is 17.0 Å². The Hall–Kier alpha value is -3.19. The Kier molecular flexibility index (Phi) is 7.45. The number of likely N-dealkylation sites (tertiary alicyclic amines) is 1. The van der Waals surface area contributed by atoms with Crippen LogP contribution in [0, 0.1) is 0 Å². The molecule has 3 aliphatic rings. The molecule has 2 amide bonds. The number of benzene rings is 2. The first-order valence-corrected chi connectivity index (χ1v) is 14.6. The highest BCUT2D eigenvalue weighted by molar-refractivity contribution is 6.02. The molecule has 0 radical (unpaired) electrons. The van der Waals surface area contributed by atoms with E-state index >= 15 is 0 Å². The lowest BCUT2D eigenvalue weighted by Gasteiger charge is -2.30. The van der Waals surface area contributed by atoms with E-state index in [1.807, 2.05) is 12.1 Å². The summed E-state index contributed by atoms with van der Waals surface area (Å²) in [5, 5.41) is 7.07. The average molecular weight is 516 g/mol. The third-order valence-electron chi connectivity index (χ3n) is 8.65. The van der Waals surface area contributed by atoms with Crippen molar-refractivity contribution in [2.24, 2.45) is 0 Å². The summed E-state index contributed by atoms with van der Waals surface area (Å²) >= 11 is 0. The Bertz CT molecular complexity index is 1250. The predicted octanol–water partition coefficient (Wildman–Crippen LogP) is 6.54. The number of carbonyl (C=O) groups is 1. The molecule has 6 rings (SSSR count). The summed E-state index contributed by atoms with van der Waals surface area (Å²) in [6.07, 6.45) is 11.9. The third kappa shape index (κ3) is 5.35. The fourth-order valence-corrected chi connectivity index (χ4v) is 5.98. The number of carbonyl (C=O) groups excluding carboxylic acids is 1. The molecule has 0 spiro atoms. The Labute approximate surface area is 225 Å². The number of nitrogen functional groups attached to an aromatic ring is 1. The molecule has 1 aliphatic heterocycles. The first-order valence-electron chi connectivity index (χ1n) is 14.6. The van der Waals surface area contributed by atoms with E-state index in [0.29, 0.717) is 12.1 Å². The quantitative estimate of drug-likeness (QED) is 0.268. The van der Waals surface area contributed by atoms with Crippen LogP contribution in [-0.2, 0) is 0 Å². The Morgan fingerprint density at radius 2 is 1.71 bits per heavy atom. The number of fused-ring (bicyclic) bond motifs is 1. The molecule has 38 heavy (non-hydrogen) atoms. The van der Waals surface area contributed by atoms with Crippen molar-refractivity contribution in [3.63, 3.8) is 0 Å². The molecule has 202 valence electrons. The lowest BCUT2D eigenvalue weighted by Crippen LogP contribution is -2.41. The second kappa shape index (κ2) is 11.3. The number of rotatable bonds is 10. The van der Waals surface area contributed by atoms with Gasteiger partial charge in [-0.1, -0.05) is 12.1 Å². The summed E-state index contributed by atoms with van der Waals surface area (Å²) < 4.78 is 8.62. The van der Waals surface area contributed by atoms with Gasteiger partial charge in [0.25, 0.3) is 0 Å². The average Bonchev–Trinajstić information content (AvgIpc) is 3.48. The van der Waals surface area contributed by atoms with Crippen molar-refractivity contribution in [1.82, 2.24) is 14.8 Å². The van der Waals surface area contributed by atoms with Crippen LogP contribution < -0.4 is 21.1 Å². The molecule has 0 unspecified atom stereocenters. The van der Waals surface area contributed by atoms with Crippen molar-refractivity contribution in [2.45, 2.75) is 76.3 Å². The number of anilines is 2. The van der Waals surface area contributed by atoms with Crippen molar-refractivity contribution in [1.29, 1.82) is 0 Å². The summed E-state index contributed by atoms with van der Waals surface area (Å²) in [7, 11) is 0. The van der Waals surface area contributed by atoms with E-state index in [0.717, 1.165) is 65.2 Å². The van der Waals surface area contributed by atoms with Crippen LogP contribution in [0.25, 0.3) is 22.2 Å². The zero-order chi connectivity index (χ0) is 25.9. The third-order valence-corrected chi connectivity index (χ3v) is 8.65. The molecule has 2 saturated carbocycles. The normalized spacial score (nSPS) is 18.3. The molecule has 7 nitrogen and oxygen atoms in total. The van der Waals surface area contributed by atoms with Gasteiger partial charge in [0, 0.05) is 34.8 Å². The van der Waals surface area contributed by atoms with Gasteiger partial charge in [-0.25, -0.2) is 4.79 Å². The molecule has 3 aromatic rings. The molecule has 7 heteroatoms. The second-order valence-electron chi connectivity index (χ2n) is 11.3. The van der Waals surface area contributed by atoms with Crippen LogP contribution >= 0.6 is 0 Å². The molecular weight excluding hydrogens is 474 g/mol. The van der Waals surface area contributed by atoms with Crippen LogP contribution in [-0.4, -0.2) is 47.8 Å². The van der Waals surface area contributed by atoms with E-state index in [9.17, 15) is 4.79 Å². The summed E-state index contributed by atoms with van der Waals surface area (Å²) in [4.78, 5) is 14.8. The Morgan fingerprint density at radius 1 is 0.947 bits per heavy atom. The van der Waals surface area contributed by atoms with Crippen molar-refractivity contribution < 1.29 is 9.53 Å². The highest BCUT2D eigenvalue weighted by atomic mass is 16.5. The van der Waals surface area contributed by atoms with Crippen LogP contribution in [0.3, 0.4) is 0 Å². The van der Waals surface area contributed by atoms with E-state index < -0.39 is 0 Å². The van der Waals surface area contributed by atoms with Gasteiger partial charge < -0.3 is 30.6 Å². The Balaban J connectivity index is 1.17. The summed E-state index contributed by atoms with van der Waals surface area (Å²) in [5.41, 5.74) is 11.7. The second-order valence-corrected chi connectivity index (χ2v) is 11.3. The van der Waals surface area contributed by atoms with Gasteiger partial charge in [-0.15, -0.1) is 0 Å². The van der Waals surface area contributed by atoms with Gasteiger partial charge in [0.2, 0.25) is 0 Å². The van der Waals surface area contributed by atoms with Crippen LogP contribution in [0.2, 0.25) is 0 Å². The highest BCUT2D eigenvalue weighted by Crippen LogP contribution is 2.45. The number of aromatic nitrogens is 1. The first kappa shape index (κ1) is 25.1. The lowest BCUT2D eigenvalue weighted by atomic mass is 9.92. The molecular formula is C31H41N5O2. The van der Waals surface area contributed by atoms with Crippen LogP contribution in [0.5, 0.6) is 5.75 Å². The maximum absolute atomic E-state index is 12.3. The van der Waals surface area contributed by atoms with Gasteiger partial charge in [0.15, 0.2) is 0 Å². The number of urea groups is 1. The number of ether oxygens (including phenoxy) is 1. The number of unbranched alkanes of at least 4 members (excludes halogenated alkanes) is 1. The number of hydrogen-bond acceptors (Lipinski definition) is 4. The number of amides is 2. The van der Waals surface area contributed by atoms with Gasteiger partial charge in [-0.3, -0.25) is 0 Å². The van der Waals surface area contributed by atoms with Crippen molar-refractivity contribution in [2.75, 3.05) is 37.3 Å². The minimum Gasteiger partial charge on any atom is -0.494 e. The Morgan fingerprint density at radius 3 is 2.39 bits per heavy atom. The maximum atomic E-state index is 12.3.